The van der Waals surface area contributed by atoms with E-state index in [1.165, 1.54) is 16.8 Å². The molecule has 18 heavy (non-hydrogen) atoms. The van der Waals surface area contributed by atoms with Crippen LogP contribution in [0.25, 0.3) is 0 Å². The molecule has 1 aromatic rings. The lowest BCUT2D eigenvalue weighted by molar-refractivity contribution is -0.128. The summed E-state index contributed by atoms with van der Waals surface area (Å²) in [7, 11) is 1.83. The summed E-state index contributed by atoms with van der Waals surface area (Å²) in [5.74, 6) is 0.137. The summed E-state index contributed by atoms with van der Waals surface area (Å²) in [5, 5.41) is 6.62. The molecule has 1 aromatic carbocycles. The molecular weight excluding hydrogens is 226 g/mol. The highest BCUT2D eigenvalue weighted by Gasteiger charge is 2.13. The van der Waals surface area contributed by atoms with Crippen molar-refractivity contribution in [1.29, 1.82) is 0 Å². The predicted octanol–water partition coefficient (Wildman–Crippen LogP) is 1.22. The molecule has 0 spiro atoms. The lowest BCUT2D eigenvalue weighted by Crippen LogP contribution is -2.35. The van der Waals surface area contributed by atoms with Gasteiger partial charge in [-0.1, -0.05) is 18.2 Å². The molecule has 0 unspecified atom stereocenters. The first kappa shape index (κ1) is 12.9. The molecule has 0 saturated carbocycles. The van der Waals surface area contributed by atoms with Crippen molar-refractivity contribution in [2.75, 3.05) is 32.0 Å². The molecule has 98 valence electrons. The fourth-order valence-electron chi connectivity index (χ4n) is 2.17. The van der Waals surface area contributed by atoms with Crippen LogP contribution in [0.4, 0.5) is 5.69 Å². The van der Waals surface area contributed by atoms with Gasteiger partial charge in [0.1, 0.15) is 0 Å². The van der Waals surface area contributed by atoms with Crippen LogP contribution in [-0.4, -0.2) is 37.5 Å². The number of nitrogens with one attached hydrogen (secondary N) is 2. The lowest BCUT2D eigenvalue weighted by atomic mass is 10.1. The normalized spacial score (nSPS) is 13.0. The molecule has 0 bridgehead atoms. The zero-order chi connectivity index (χ0) is 13.0. The van der Waals surface area contributed by atoms with Crippen LogP contribution in [0, 0.1) is 0 Å². The standard InChI is InChI=1S/C14H21N3O/c1-3-17(2)13(18)10-15-9-12-6-4-5-11-7-8-16-14(11)12/h4-6,15-16H,3,7-10H2,1-2H3. The number of para-hydroxylation sites is 1. The summed E-state index contributed by atoms with van der Waals surface area (Å²) >= 11 is 0. The summed E-state index contributed by atoms with van der Waals surface area (Å²) in [6.07, 6.45) is 1.10. The van der Waals surface area contributed by atoms with E-state index in [-0.39, 0.29) is 5.91 Å². The third kappa shape index (κ3) is 2.82. The number of benzene rings is 1. The Morgan fingerprint density at radius 1 is 1.50 bits per heavy atom. The smallest absolute Gasteiger partial charge is 0.236 e. The minimum atomic E-state index is 0.137. The monoisotopic (exact) mass is 247 g/mol. The van der Waals surface area contributed by atoms with Crippen molar-refractivity contribution >= 4 is 11.6 Å². The highest BCUT2D eigenvalue weighted by Crippen LogP contribution is 2.25. The number of hydrogen-bond donors (Lipinski definition) is 2. The summed E-state index contributed by atoms with van der Waals surface area (Å²) in [6, 6.07) is 6.36. The molecule has 0 aliphatic carbocycles. The Balaban J connectivity index is 1.88. The lowest BCUT2D eigenvalue weighted by Gasteiger charge is -2.15. The van der Waals surface area contributed by atoms with Gasteiger partial charge in [0.15, 0.2) is 0 Å². The van der Waals surface area contributed by atoms with Crippen molar-refractivity contribution in [2.45, 2.75) is 19.9 Å². The van der Waals surface area contributed by atoms with Crippen LogP contribution in [0.1, 0.15) is 18.1 Å². The molecule has 2 N–H and O–H groups in total. The van der Waals surface area contributed by atoms with Crippen molar-refractivity contribution in [2.24, 2.45) is 0 Å². The van der Waals surface area contributed by atoms with Gasteiger partial charge in [-0.25, -0.2) is 0 Å². The van der Waals surface area contributed by atoms with Crippen molar-refractivity contribution in [3.8, 4) is 0 Å². The van der Waals surface area contributed by atoms with E-state index in [2.05, 4.69) is 28.8 Å². The van der Waals surface area contributed by atoms with Gasteiger partial charge in [-0.15, -0.1) is 0 Å². The van der Waals surface area contributed by atoms with E-state index < -0.39 is 0 Å². The van der Waals surface area contributed by atoms with Crippen LogP contribution in [0.15, 0.2) is 18.2 Å². The minimum absolute atomic E-state index is 0.137. The predicted molar refractivity (Wildman–Crippen MR) is 73.7 cm³/mol. The Morgan fingerprint density at radius 3 is 3.11 bits per heavy atom. The molecule has 0 saturated heterocycles. The van der Waals surface area contributed by atoms with E-state index in [9.17, 15) is 4.79 Å². The van der Waals surface area contributed by atoms with Crippen LogP contribution in [-0.2, 0) is 17.8 Å². The Hall–Kier alpha value is -1.55. The van der Waals surface area contributed by atoms with E-state index in [1.54, 1.807) is 4.90 Å². The third-order valence-electron chi connectivity index (χ3n) is 3.42. The summed E-state index contributed by atoms with van der Waals surface area (Å²) < 4.78 is 0. The average molecular weight is 247 g/mol. The molecule has 1 aliphatic rings. The Bertz CT molecular complexity index is 431. The highest BCUT2D eigenvalue weighted by atomic mass is 16.2. The van der Waals surface area contributed by atoms with Crippen molar-refractivity contribution in [1.82, 2.24) is 10.2 Å². The van der Waals surface area contributed by atoms with Crippen LogP contribution >= 0.6 is 0 Å². The van der Waals surface area contributed by atoms with E-state index in [4.69, 9.17) is 0 Å². The first-order valence-electron chi connectivity index (χ1n) is 6.51. The number of anilines is 1. The molecule has 0 aromatic heterocycles. The van der Waals surface area contributed by atoms with Crippen LogP contribution < -0.4 is 10.6 Å². The molecule has 0 atom stereocenters. The van der Waals surface area contributed by atoms with Crippen LogP contribution in [0.3, 0.4) is 0 Å². The number of likely N-dealkylation sites (N-methyl/N-ethyl adjacent to an activating group) is 1. The van der Waals surface area contributed by atoms with E-state index in [0.717, 1.165) is 26.1 Å². The largest absolute Gasteiger partial charge is 0.384 e. The van der Waals surface area contributed by atoms with Gasteiger partial charge in [0, 0.05) is 32.4 Å². The maximum absolute atomic E-state index is 11.6. The average Bonchev–Trinajstić information content (AvgIpc) is 2.86. The first-order chi connectivity index (χ1) is 8.72. The molecule has 1 amide bonds. The zero-order valence-electron chi connectivity index (χ0n) is 11.1. The molecule has 2 rings (SSSR count). The topological polar surface area (TPSA) is 44.4 Å². The van der Waals surface area contributed by atoms with Crippen LogP contribution in [0.5, 0.6) is 0 Å². The van der Waals surface area contributed by atoms with E-state index in [0.29, 0.717) is 6.54 Å². The molecule has 0 radical (unpaired) electrons. The number of fused-ring (bicyclic) bond motifs is 1. The van der Waals surface area contributed by atoms with Gasteiger partial charge in [-0.05, 0) is 24.5 Å². The van der Waals surface area contributed by atoms with Gasteiger partial charge in [-0.2, -0.15) is 0 Å². The minimum Gasteiger partial charge on any atom is -0.384 e. The van der Waals surface area contributed by atoms with Gasteiger partial charge in [0.05, 0.1) is 6.54 Å². The van der Waals surface area contributed by atoms with Crippen molar-refractivity contribution < 1.29 is 4.79 Å². The quantitative estimate of drug-likeness (QED) is 0.822. The molecule has 4 heteroatoms. The number of amides is 1. The summed E-state index contributed by atoms with van der Waals surface area (Å²) in [6.45, 7) is 4.88. The number of carbonyl (C=O) groups excluding carboxylic acids is 1. The number of nitrogens with zero attached hydrogens (tertiary/aromatic N) is 1. The fraction of sp³-hybridized carbons (Fsp3) is 0.500. The van der Waals surface area contributed by atoms with Crippen molar-refractivity contribution in [3.05, 3.63) is 29.3 Å². The maximum Gasteiger partial charge on any atom is 0.236 e. The molecule has 0 fully saturated rings. The summed E-state index contributed by atoms with van der Waals surface area (Å²) in [5.41, 5.74) is 3.88. The second-order valence-corrected chi connectivity index (χ2v) is 4.64. The Labute approximate surface area is 108 Å². The number of carbonyl (C=O) groups is 1. The van der Waals surface area contributed by atoms with E-state index >= 15 is 0 Å². The van der Waals surface area contributed by atoms with Gasteiger partial charge in [0.25, 0.3) is 0 Å². The Kier molecular flexibility index (Phi) is 4.20. The SMILES string of the molecule is CCN(C)C(=O)CNCc1cccc2c1NCC2. The molecule has 1 aliphatic heterocycles. The van der Waals surface area contributed by atoms with Gasteiger partial charge in [-0.3, -0.25) is 4.79 Å². The van der Waals surface area contributed by atoms with Gasteiger partial charge in [0.2, 0.25) is 5.91 Å². The second kappa shape index (κ2) is 5.87. The van der Waals surface area contributed by atoms with Gasteiger partial charge >= 0.3 is 0 Å². The first-order valence-corrected chi connectivity index (χ1v) is 6.51. The van der Waals surface area contributed by atoms with E-state index in [1.807, 2.05) is 14.0 Å². The highest BCUT2D eigenvalue weighted by molar-refractivity contribution is 5.77. The second-order valence-electron chi connectivity index (χ2n) is 4.64. The van der Waals surface area contributed by atoms with Crippen molar-refractivity contribution in [3.63, 3.8) is 0 Å². The molecule has 1 heterocycles. The molecular formula is C14H21N3O. The third-order valence-corrected chi connectivity index (χ3v) is 3.42. The zero-order valence-corrected chi connectivity index (χ0v) is 11.1. The maximum atomic E-state index is 11.6. The fourth-order valence-corrected chi connectivity index (χ4v) is 2.17. The number of hydrogen-bond acceptors (Lipinski definition) is 3. The summed E-state index contributed by atoms with van der Waals surface area (Å²) in [4.78, 5) is 13.4. The number of rotatable bonds is 5. The molecule has 4 nitrogen and oxygen atoms in total. The Morgan fingerprint density at radius 2 is 2.33 bits per heavy atom. The van der Waals surface area contributed by atoms with Crippen LogP contribution in [0.2, 0.25) is 0 Å². The van der Waals surface area contributed by atoms with Gasteiger partial charge < -0.3 is 15.5 Å².